The third-order valence-electron chi connectivity index (χ3n) is 5.92. The van der Waals surface area contributed by atoms with Crippen LogP contribution < -0.4 is 9.64 Å². The second-order valence-electron chi connectivity index (χ2n) is 8.53. The third-order valence-corrected chi connectivity index (χ3v) is 9.13. The fraction of sp³-hybridized carbons (Fsp3) is 0.231. The molecule has 2 saturated heterocycles. The summed E-state index contributed by atoms with van der Waals surface area (Å²) < 4.78 is 43.6. The smallest absolute Gasteiger partial charge is 0.252 e. The largest absolute Gasteiger partial charge is 0.489 e. The van der Waals surface area contributed by atoms with Crippen molar-refractivity contribution in [2.75, 3.05) is 16.4 Å². The van der Waals surface area contributed by atoms with Gasteiger partial charge in [-0.1, -0.05) is 54.2 Å². The van der Waals surface area contributed by atoms with E-state index in [0.717, 1.165) is 11.3 Å². The van der Waals surface area contributed by atoms with E-state index in [9.17, 15) is 17.6 Å². The number of nitrogens with zero attached hydrogens (tertiary/aromatic N) is 2. The van der Waals surface area contributed by atoms with E-state index in [2.05, 4.69) is 4.99 Å². The lowest BCUT2D eigenvalue weighted by molar-refractivity contribution is -0.117. The van der Waals surface area contributed by atoms with Gasteiger partial charge in [0.2, 0.25) is 0 Å². The first-order valence-corrected chi connectivity index (χ1v) is 13.9. The van der Waals surface area contributed by atoms with Gasteiger partial charge in [-0.05, 0) is 47.5 Å². The Hall–Kier alpha value is -3.17. The summed E-state index contributed by atoms with van der Waals surface area (Å²) >= 11 is 1.32. The fourth-order valence-corrected chi connectivity index (χ4v) is 8.16. The van der Waals surface area contributed by atoms with Crippen LogP contribution in [0.5, 0.6) is 5.75 Å². The van der Waals surface area contributed by atoms with E-state index in [1.807, 2.05) is 59.5 Å². The van der Waals surface area contributed by atoms with Crippen LogP contribution in [0.1, 0.15) is 11.1 Å². The molecule has 9 heteroatoms. The highest BCUT2D eigenvalue weighted by Crippen LogP contribution is 2.41. The molecule has 3 aromatic carbocycles. The minimum atomic E-state index is -3.16. The van der Waals surface area contributed by atoms with Crippen molar-refractivity contribution in [3.8, 4) is 5.75 Å². The number of halogens is 1. The van der Waals surface area contributed by atoms with E-state index in [1.54, 1.807) is 12.1 Å². The molecular weight excluding hydrogens is 487 g/mol. The average Bonchev–Trinajstić information content (AvgIpc) is 3.30. The first kappa shape index (κ1) is 23.6. The number of amides is 1. The molecule has 180 valence electrons. The zero-order valence-electron chi connectivity index (χ0n) is 18.7. The van der Waals surface area contributed by atoms with Gasteiger partial charge in [-0.2, -0.15) is 4.99 Å². The topological polar surface area (TPSA) is 76.0 Å². The van der Waals surface area contributed by atoms with Gasteiger partial charge in [-0.3, -0.25) is 4.79 Å². The number of carbonyl (C=O) groups excluding carboxylic acids is 1. The van der Waals surface area contributed by atoms with Crippen molar-refractivity contribution < 1.29 is 22.3 Å². The quantitative estimate of drug-likeness (QED) is 0.494. The average molecular weight is 511 g/mol. The van der Waals surface area contributed by atoms with E-state index >= 15 is 0 Å². The molecule has 2 aliphatic rings. The molecule has 1 amide bonds. The minimum absolute atomic E-state index is 0.0160. The van der Waals surface area contributed by atoms with E-state index in [0.29, 0.717) is 23.1 Å². The van der Waals surface area contributed by atoms with E-state index in [4.69, 9.17) is 4.74 Å². The summed E-state index contributed by atoms with van der Waals surface area (Å²) in [5.74, 6) is 0.0284. The van der Waals surface area contributed by atoms with E-state index in [1.165, 1.54) is 23.9 Å². The maximum atomic E-state index is 13.2. The van der Waals surface area contributed by atoms with Crippen LogP contribution in [0.15, 0.2) is 83.9 Å². The lowest BCUT2D eigenvalue weighted by atomic mass is 10.1. The molecule has 0 unspecified atom stereocenters. The Morgan fingerprint density at radius 2 is 1.69 bits per heavy atom. The number of rotatable bonds is 6. The number of amidine groups is 1. The number of anilines is 1. The molecule has 3 aromatic rings. The highest BCUT2D eigenvalue weighted by Gasteiger charge is 2.49. The molecule has 35 heavy (non-hydrogen) atoms. The predicted molar refractivity (Wildman–Crippen MR) is 136 cm³/mol. The molecule has 0 bridgehead atoms. The van der Waals surface area contributed by atoms with Gasteiger partial charge in [-0.25, -0.2) is 12.8 Å². The molecule has 0 aliphatic carbocycles. The molecule has 0 saturated carbocycles. The lowest BCUT2D eigenvalue weighted by Gasteiger charge is -2.24. The van der Waals surface area contributed by atoms with Crippen LogP contribution >= 0.6 is 11.8 Å². The lowest BCUT2D eigenvalue weighted by Crippen LogP contribution is -2.37. The van der Waals surface area contributed by atoms with Gasteiger partial charge in [0.15, 0.2) is 15.0 Å². The van der Waals surface area contributed by atoms with Gasteiger partial charge in [0.1, 0.15) is 18.2 Å². The number of fused-ring (bicyclic) bond motifs is 1. The number of carbonyl (C=O) groups is 1. The maximum Gasteiger partial charge on any atom is 0.252 e. The third kappa shape index (κ3) is 5.57. The van der Waals surface area contributed by atoms with Crippen LogP contribution in [0.2, 0.25) is 0 Å². The van der Waals surface area contributed by atoms with E-state index < -0.39 is 9.84 Å². The number of benzene rings is 3. The molecule has 2 heterocycles. The van der Waals surface area contributed by atoms with Crippen molar-refractivity contribution >= 4 is 38.4 Å². The number of sulfone groups is 1. The number of hydrogen-bond acceptors (Lipinski definition) is 5. The molecule has 6 nitrogen and oxygen atoms in total. The van der Waals surface area contributed by atoms with Crippen LogP contribution in [0.25, 0.3) is 0 Å². The molecule has 0 spiro atoms. The van der Waals surface area contributed by atoms with Crippen molar-refractivity contribution in [3.05, 3.63) is 95.8 Å². The summed E-state index contributed by atoms with van der Waals surface area (Å²) in [7, 11) is -3.16. The zero-order valence-corrected chi connectivity index (χ0v) is 20.3. The number of hydrogen-bond donors (Lipinski definition) is 0. The molecule has 0 aromatic heterocycles. The van der Waals surface area contributed by atoms with Gasteiger partial charge in [0.05, 0.1) is 24.0 Å². The Morgan fingerprint density at radius 1 is 0.971 bits per heavy atom. The van der Waals surface area contributed by atoms with Gasteiger partial charge < -0.3 is 9.64 Å². The summed E-state index contributed by atoms with van der Waals surface area (Å²) in [5.41, 5.74) is 2.47. The summed E-state index contributed by atoms with van der Waals surface area (Å²) in [6.07, 6.45) is 0.0398. The van der Waals surface area contributed by atoms with Gasteiger partial charge in [0.25, 0.3) is 5.91 Å². The summed E-state index contributed by atoms with van der Waals surface area (Å²) in [6, 6.07) is 22.7. The first-order chi connectivity index (χ1) is 16.9. The van der Waals surface area contributed by atoms with Crippen LogP contribution in [0.4, 0.5) is 10.1 Å². The Bertz CT molecular complexity index is 1340. The summed E-state index contributed by atoms with van der Waals surface area (Å²) in [4.78, 5) is 18.9. The Balaban J connectivity index is 1.35. The Labute approximate surface area is 207 Å². The van der Waals surface area contributed by atoms with Gasteiger partial charge >= 0.3 is 0 Å². The first-order valence-electron chi connectivity index (χ1n) is 11.2. The second-order valence-corrected chi connectivity index (χ2v) is 11.9. The molecule has 2 fully saturated rings. The summed E-state index contributed by atoms with van der Waals surface area (Å²) in [5, 5.41) is 0.298. The van der Waals surface area contributed by atoms with Gasteiger partial charge in [-0.15, -0.1) is 0 Å². The SMILES string of the molecule is O=C(Cc1ccc(F)cc1)N=C1S[C@H]2CS(=O)(=O)C[C@H]2N1c1ccc(OCc2ccccc2)cc1. The molecule has 0 N–H and O–H groups in total. The summed E-state index contributed by atoms with van der Waals surface area (Å²) in [6.45, 7) is 0.438. The van der Waals surface area contributed by atoms with Crippen LogP contribution in [0, 0.1) is 5.82 Å². The standard InChI is InChI=1S/C26H23FN2O4S2/c27-20-8-6-18(7-9-20)14-25(30)28-26-29(23-16-35(31,32)17-24(23)34-26)21-10-12-22(13-11-21)33-15-19-4-2-1-3-5-19/h1-13,23-24H,14-17H2/t23-,24+/m1/s1. The number of ether oxygens (including phenoxy) is 1. The van der Waals surface area contributed by atoms with Crippen LogP contribution in [-0.4, -0.2) is 42.3 Å². The molecular formula is C26H23FN2O4S2. The zero-order chi connectivity index (χ0) is 24.4. The number of aliphatic imine (C=N–C) groups is 1. The Kier molecular flexibility index (Phi) is 6.62. The normalized spacial score (nSPS) is 21.7. The van der Waals surface area contributed by atoms with Crippen molar-refractivity contribution in [1.82, 2.24) is 0 Å². The highest BCUT2D eigenvalue weighted by atomic mass is 32.2. The second kappa shape index (κ2) is 9.83. The van der Waals surface area contributed by atoms with Crippen molar-refractivity contribution in [2.45, 2.75) is 24.3 Å². The monoisotopic (exact) mass is 510 g/mol. The highest BCUT2D eigenvalue weighted by molar-refractivity contribution is 8.16. The van der Waals surface area contributed by atoms with Crippen molar-refractivity contribution in [2.24, 2.45) is 4.99 Å². The molecule has 5 rings (SSSR count). The predicted octanol–water partition coefficient (Wildman–Crippen LogP) is 4.25. The fourth-order valence-electron chi connectivity index (χ4n) is 4.23. The maximum absolute atomic E-state index is 13.2. The molecule has 0 radical (unpaired) electrons. The van der Waals surface area contributed by atoms with E-state index in [-0.39, 0.29) is 40.9 Å². The van der Waals surface area contributed by atoms with Crippen molar-refractivity contribution in [3.63, 3.8) is 0 Å². The minimum Gasteiger partial charge on any atom is -0.489 e. The Morgan fingerprint density at radius 3 is 2.40 bits per heavy atom. The van der Waals surface area contributed by atoms with Gasteiger partial charge in [0, 0.05) is 10.9 Å². The van der Waals surface area contributed by atoms with Crippen LogP contribution in [0.3, 0.4) is 0 Å². The molecule has 2 aliphatic heterocycles. The number of thioether (sulfide) groups is 1. The van der Waals surface area contributed by atoms with Crippen LogP contribution in [-0.2, 0) is 27.7 Å². The molecule has 2 atom stereocenters. The van der Waals surface area contributed by atoms with Crippen molar-refractivity contribution in [1.29, 1.82) is 0 Å².